The average Bonchev–Trinajstić information content (AvgIpc) is 2.64. The lowest BCUT2D eigenvalue weighted by Gasteiger charge is -2.36. The molecule has 2 aromatic carbocycles. The topological polar surface area (TPSA) is 15.7 Å². The monoisotopic (exact) mass is 338 g/mol. The third kappa shape index (κ3) is 4.76. The first-order chi connectivity index (χ1) is 12.2. The van der Waals surface area contributed by atoms with Crippen molar-refractivity contribution in [2.45, 2.75) is 26.7 Å². The van der Waals surface area contributed by atoms with Crippen LogP contribution in [0.25, 0.3) is 0 Å². The van der Waals surface area contributed by atoms with E-state index >= 15 is 0 Å². The number of benzene rings is 2. The Morgan fingerprint density at radius 1 is 0.920 bits per heavy atom. The van der Waals surface area contributed by atoms with Crippen LogP contribution in [-0.4, -0.2) is 44.7 Å². The predicted octanol–water partition coefficient (Wildman–Crippen LogP) is 4.07. The molecule has 3 rings (SSSR count). The minimum atomic E-state index is 0.925. The molecule has 1 aliphatic rings. The molecule has 1 saturated heterocycles. The molecule has 0 amide bonds. The predicted molar refractivity (Wildman–Crippen MR) is 106 cm³/mol. The highest BCUT2D eigenvalue weighted by atomic mass is 16.5. The maximum atomic E-state index is 5.24. The molecule has 25 heavy (non-hydrogen) atoms. The molecule has 0 atom stereocenters. The first-order valence-electron chi connectivity index (χ1n) is 9.33. The summed E-state index contributed by atoms with van der Waals surface area (Å²) in [5.74, 6) is 0.925. The Hall–Kier alpha value is -2.00. The van der Waals surface area contributed by atoms with Crippen molar-refractivity contribution in [3.8, 4) is 5.75 Å². The fourth-order valence-corrected chi connectivity index (χ4v) is 3.64. The van der Waals surface area contributed by atoms with Crippen LogP contribution in [0.15, 0.2) is 42.5 Å². The highest BCUT2D eigenvalue weighted by molar-refractivity contribution is 5.49. The lowest BCUT2D eigenvalue weighted by Crippen LogP contribution is -2.46. The minimum Gasteiger partial charge on any atom is -0.497 e. The standard InChI is InChI=1S/C22H30N2O/c1-18-6-7-20(19(2)17-18)5-4-12-23-13-15-24(16-14-23)21-8-10-22(25-3)11-9-21/h6-11,17H,4-5,12-16H2,1-3H3. The number of aryl methyl sites for hydroxylation is 3. The number of piperazine rings is 1. The van der Waals surface area contributed by atoms with E-state index in [1.807, 2.05) is 12.1 Å². The Morgan fingerprint density at radius 2 is 1.64 bits per heavy atom. The second kappa shape index (κ2) is 8.39. The van der Waals surface area contributed by atoms with E-state index in [0.29, 0.717) is 0 Å². The van der Waals surface area contributed by atoms with E-state index in [4.69, 9.17) is 4.74 Å². The normalized spacial score (nSPS) is 15.4. The van der Waals surface area contributed by atoms with Crippen molar-refractivity contribution in [2.24, 2.45) is 0 Å². The quantitative estimate of drug-likeness (QED) is 0.790. The van der Waals surface area contributed by atoms with Gasteiger partial charge in [0, 0.05) is 31.9 Å². The van der Waals surface area contributed by atoms with Gasteiger partial charge in [-0.3, -0.25) is 4.90 Å². The Kier molecular flexibility index (Phi) is 5.98. The fourth-order valence-electron chi connectivity index (χ4n) is 3.64. The first kappa shape index (κ1) is 17.8. The van der Waals surface area contributed by atoms with Gasteiger partial charge in [-0.25, -0.2) is 0 Å². The minimum absolute atomic E-state index is 0.925. The van der Waals surface area contributed by atoms with Crippen LogP contribution in [-0.2, 0) is 6.42 Å². The van der Waals surface area contributed by atoms with E-state index in [9.17, 15) is 0 Å². The first-order valence-corrected chi connectivity index (χ1v) is 9.33. The van der Waals surface area contributed by atoms with Crippen molar-refractivity contribution >= 4 is 5.69 Å². The maximum Gasteiger partial charge on any atom is 0.119 e. The number of hydrogen-bond acceptors (Lipinski definition) is 3. The van der Waals surface area contributed by atoms with Gasteiger partial charge in [0.2, 0.25) is 0 Å². The molecule has 3 nitrogen and oxygen atoms in total. The van der Waals surface area contributed by atoms with Crippen LogP contribution in [0.2, 0.25) is 0 Å². The average molecular weight is 338 g/mol. The summed E-state index contributed by atoms with van der Waals surface area (Å²) in [5, 5.41) is 0. The molecule has 0 aromatic heterocycles. The third-order valence-electron chi connectivity index (χ3n) is 5.23. The van der Waals surface area contributed by atoms with Crippen molar-refractivity contribution in [3.63, 3.8) is 0 Å². The van der Waals surface area contributed by atoms with E-state index in [1.165, 1.54) is 41.8 Å². The lowest BCUT2D eigenvalue weighted by atomic mass is 10.0. The van der Waals surface area contributed by atoms with Crippen molar-refractivity contribution in [1.82, 2.24) is 4.90 Å². The highest BCUT2D eigenvalue weighted by Crippen LogP contribution is 2.20. The Morgan fingerprint density at radius 3 is 2.28 bits per heavy atom. The lowest BCUT2D eigenvalue weighted by molar-refractivity contribution is 0.255. The summed E-state index contributed by atoms with van der Waals surface area (Å²) >= 11 is 0. The van der Waals surface area contributed by atoms with E-state index in [0.717, 1.165) is 31.9 Å². The number of hydrogen-bond donors (Lipinski definition) is 0. The van der Waals surface area contributed by atoms with Gasteiger partial charge in [-0.1, -0.05) is 23.8 Å². The van der Waals surface area contributed by atoms with E-state index < -0.39 is 0 Å². The van der Waals surface area contributed by atoms with Gasteiger partial charge in [0.1, 0.15) is 5.75 Å². The van der Waals surface area contributed by atoms with Crippen LogP contribution in [0.1, 0.15) is 23.1 Å². The van der Waals surface area contributed by atoms with Gasteiger partial charge in [0.25, 0.3) is 0 Å². The van der Waals surface area contributed by atoms with Crippen molar-refractivity contribution in [3.05, 3.63) is 59.2 Å². The smallest absolute Gasteiger partial charge is 0.119 e. The zero-order chi connectivity index (χ0) is 17.6. The molecule has 0 saturated carbocycles. The molecular weight excluding hydrogens is 308 g/mol. The van der Waals surface area contributed by atoms with Gasteiger partial charge in [-0.05, 0) is 68.6 Å². The molecule has 1 fully saturated rings. The summed E-state index contributed by atoms with van der Waals surface area (Å²) in [6, 6.07) is 15.2. The van der Waals surface area contributed by atoms with Crippen LogP contribution in [0.3, 0.4) is 0 Å². The van der Waals surface area contributed by atoms with Gasteiger partial charge < -0.3 is 9.64 Å². The molecule has 3 heteroatoms. The third-order valence-corrected chi connectivity index (χ3v) is 5.23. The summed E-state index contributed by atoms with van der Waals surface area (Å²) in [7, 11) is 1.71. The molecule has 0 unspecified atom stereocenters. The van der Waals surface area contributed by atoms with Gasteiger partial charge in [0.15, 0.2) is 0 Å². The van der Waals surface area contributed by atoms with Crippen LogP contribution >= 0.6 is 0 Å². The number of methoxy groups -OCH3 is 1. The van der Waals surface area contributed by atoms with Gasteiger partial charge >= 0.3 is 0 Å². The van der Waals surface area contributed by atoms with Crippen molar-refractivity contribution in [2.75, 3.05) is 44.7 Å². The number of anilines is 1. The summed E-state index contributed by atoms with van der Waals surface area (Å²) in [6.45, 7) is 10.1. The summed E-state index contributed by atoms with van der Waals surface area (Å²) in [5.41, 5.74) is 5.60. The van der Waals surface area contributed by atoms with E-state index in [2.05, 4.69) is 54.0 Å². The molecule has 134 valence electrons. The number of ether oxygens (including phenoxy) is 1. The summed E-state index contributed by atoms with van der Waals surface area (Å²) in [4.78, 5) is 5.07. The summed E-state index contributed by atoms with van der Waals surface area (Å²) in [6.07, 6.45) is 2.43. The molecule has 1 heterocycles. The van der Waals surface area contributed by atoms with Gasteiger partial charge in [-0.2, -0.15) is 0 Å². The fraction of sp³-hybridized carbons (Fsp3) is 0.455. The maximum absolute atomic E-state index is 5.24. The van der Waals surface area contributed by atoms with Gasteiger partial charge in [0.05, 0.1) is 7.11 Å². The Bertz CT molecular complexity index is 673. The number of nitrogens with zero attached hydrogens (tertiary/aromatic N) is 2. The second-order valence-electron chi connectivity index (χ2n) is 7.06. The SMILES string of the molecule is COc1ccc(N2CCN(CCCc3ccc(C)cc3C)CC2)cc1. The molecule has 0 radical (unpaired) electrons. The molecule has 2 aromatic rings. The van der Waals surface area contributed by atoms with Gasteiger partial charge in [-0.15, -0.1) is 0 Å². The Balaban J connectivity index is 1.43. The molecule has 0 aliphatic carbocycles. The highest BCUT2D eigenvalue weighted by Gasteiger charge is 2.16. The van der Waals surface area contributed by atoms with Crippen molar-refractivity contribution < 1.29 is 4.74 Å². The Labute approximate surface area is 152 Å². The zero-order valence-electron chi connectivity index (χ0n) is 15.8. The largest absolute Gasteiger partial charge is 0.497 e. The van der Waals surface area contributed by atoms with E-state index in [1.54, 1.807) is 7.11 Å². The van der Waals surface area contributed by atoms with Crippen LogP contribution in [0.5, 0.6) is 5.75 Å². The zero-order valence-corrected chi connectivity index (χ0v) is 15.8. The molecule has 0 bridgehead atoms. The van der Waals surface area contributed by atoms with Crippen LogP contribution in [0, 0.1) is 13.8 Å². The second-order valence-corrected chi connectivity index (χ2v) is 7.06. The van der Waals surface area contributed by atoms with Crippen LogP contribution in [0.4, 0.5) is 5.69 Å². The number of rotatable bonds is 6. The van der Waals surface area contributed by atoms with Crippen molar-refractivity contribution in [1.29, 1.82) is 0 Å². The molecule has 0 N–H and O–H groups in total. The molecule has 1 aliphatic heterocycles. The summed E-state index contributed by atoms with van der Waals surface area (Å²) < 4.78 is 5.24. The molecular formula is C22H30N2O. The van der Waals surface area contributed by atoms with E-state index in [-0.39, 0.29) is 0 Å². The van der Waals surface area contributed by atoms with Crippen LogP contribution < -0.4 is 9.64 Å². The molecule has 0 spiro atoms.